The number of rotatable bonds is 4. The lowest BCUT2D eigenvalue weighted by Crippen LogP contribution is -2.32. The lowest BCUT2D eigenvalue weighted by Gasteiger charge is -2.10. The summed E-state index contributed by atoms with van der Waals surface area (Å²) < 4.78 is 7.17. The van der Waals surface area contributed by atoms with Crippen molar-refractivity contribution in [1.82, 2.24) is 25.1 Å². The fourth-order valence-corrected chi connectivity index (χ4v) is 2.08. The molecule has 1 N–H and O–H groups in total. The molecule has 104 valence electrons. The SMILES string of the molecule is O=C(NCC1CCCO1)c1ccc(-n2ccnc2)nn1. The summed E-state index contributed by atoms with van der Waals surface area (Å²) in [4.78, 5) is 15.8. The number of amides is 1. The van der Waals surface area contributed by atoms with Crippen LogP contribution in [0, 0.1) is 0 Å². The Hall–Kier alpha value is -2.28. The first-order valence-electron chi connectivity index (χ1n) is 6.55. The van der Waals surface area contributed by atoms with E-state index in [1.54, 1.807) is 35.4 Å². The average molecular weight is 273 g/mol. The van der Waals surface area contributed by atoms with Gasteiger partial charge in [0.1, 0.15) is 6.33 Å². The molecule has 0 spiro atoms. The Morgan fingerprint density at radius 1 is 1.45 bits per heavy atom. The summed E-state index contributed by atoms with van der Waals surface area (Å²) in [5, 5.41) is 10.7. The number of ether oxygens (including phenoxy) is 1. The van der Waals surface area contributed by atoms with Crippen LogP contribution in [0.15, 0.2) is 30.9 Å². The van der Waals surface area contributed by atoms with Gasteiger partial charge in [0.25, 0.3) is 5.91 Å². The molecule has 1 saturated heterocycles. The molecule has 0 saturated carbocycles. The molecule has 7 nitrogen and oxygen atoms in total. The Morgan fingerprint density at radius 2 is 2.40 bits per heavy atom. The third-order valence-electron chi connectivity index (χ3n) is 3.17. The Balaban J connectivity index is 1.60. The van der Waals surface area contributed by atoms with Crippen molar-refractivity contribution in [1.29, 1.82) is 0 Å². The fourth-order valence-electron chi connectivity index (χ4n) is 2.08. The molecular formula is C13H15N5O2. The van der Waals surface area contributed by atoms with Gasteiger partial charge in [-0.25, -0.2) is 4.98 Å². The maximum Gasteiger partial charge on any atom is 0.271 e. The van der Waals surface area contributed by atoms with Crippen LogP contribution in [0.2, 0.25) is 0 Å². The van der Waals surface area contributed by atoms with Gasteiger partial charge in [-0.1, -0.05) is 0 Å². The van der Waals surface area contributed by atoms with Crippen molar-refractivity contribution in [3.05, 3.63) is 36.5 Å². The predicted octanol–water partition coefficient (Wildman–Crippen LogP) is 0.571. The van der Waals surface area contributed by atoms with Crippen LogP contribution in [0.4, 0.5) is 0 Å². The van der Waals surface area contributed by atoms with Crippen molar-refractivity contribution in [3.8, 4) is 5.82 Å². The second-order valence-corrected chi connectivity index (χ2v) is 4.59. The highest BCUT2D eigenvalue weighted by molar-refractivity contribution is 5.92. The molecule has 0 bridgehead atoms. The van der Waals surface area contributed by atoms with Crippen molar-refractivity contribution in [2.24, 2.45) is 0 Å². The zero-order valence-electron chi connectivity index (χ0n) is 10.9. The highest BCUT2D eigenvalue weighted by Gasteiger charge is 2.17. The van der Waals surface area contributed by atoms with E-state index < -0.39 is 0 Å². The molecule has 0 aromatic carbocycles. The molecule has 1 amide bonds. The predicted molar refractivity (Wildman–Crippen MR) is 70.5 cm³/mol. The zero-order chi connectivity index (χ0) is 13.8. The highest BCUT2D eigenvalue weighted by atomic mass is 16.5. The smallest absolute Gasteiger partial charge is 0.271 e. The maximum atomic E-state index is 11.9. The van der Waals surface area contributed by atoms with Crippen molar-refractivity contribution >= 4 is 5.91 Å². The standard InChI is InChI=1S/C13H15N5O2/c19-13(15-8-10-2-1-7-20-10)11-3-4-12(17-16-11)18-6-5-14-9-18/h3-6,9-10H,1-2,7-8H2,(H,15,19). The zero-order valence-corrected chi connectivity index (χ0v) is 10.9. The van der Waals surface area contributed by atoms with E-state index in [0.29, 0.717) is 18.1 Å². The van der Waals surface area contributed by atoms with Crippen LogP contribution in [0.25, 0.3) is 5.82 Å². The number of hydrogen-bond donors (Lipinski definition) is 1. The number of imidazole rings is 1. The van der Waals surface area contributed by atoms with E-state index >= 15 is 0 Å². The minimum atomic E-state index is -0.231. The maximum absolute atomic E-state index is 11.9. The van der Waals surface area contributed by atoms with Gasteiger partial charge >= 0.3 is 0 Å². The van der Waals surface area contributed by atoms with Crippen molar-refractivity contribution in [2.75, 3.05) is 13.2 Å². The molecule has 1 unspecified atom stereocenters. The van der Waals surface area contributed by atoms with Crippen molar-refractivity contribution in [2.45, 2.75) is 18.9 Å². The molecule has 7 heteroatoms. The number of carbonyl (C=O) groups excluding carboxylic acids is 1. The number of nitrogens with one attached hydrogen (secondary N) is 1. The Morgan fingerprint density at radius 3 is 3.05 bits per heavy atom. The molecule has 0 aliphatic carbocycles. The van der Waals surface area contributed by atoms with Gasteiger partial charge in [0.15, 0.2) is 11.5 Å². The number of nitrogens with zero attached hydrogens (tertiary/aromatic N) is 4. The highest BCUT2D eigenvalue weighted by Crippen LogP contribution is 2.10. The number of aromatic nitrogens is 4. The molecule has 20 heavy (non-hydrogen) atoms. The summed E-state index contributed by atoms with van der Waals surface area (Å²) in [7, 11) is 0. The molecule has 1 atom stereocenters. The molecule has 1 fully saturated rings. The van der Waals surface area contributed by atoms with Gasteiger partial charge in [0, 0.05) is 25.5 Å². The molecule has 0 radical (unpaired) electrons. The van der Waals surface area contributed by atoms with Crippen molar-refractivity contribution < 1.29 is 9.53 Å². The largest absolute Gasteiger partial charge is 0.376 e. The van der Waals surface area contributed by atoms with Gasteiger partial charge in [-0.2, -0.15) is 0 Å². The van der Waals surface area contributed by atoms with Crippen LogP contribution in [-0.2, 0) is 4.74 Å². The molecule has 2 aromatic heterocycles. The third kappa shape index (κ3) is 2.83. The van der Waals surface area contributed by atoms with Gasteiger partial charge in [-0.3, -0.25) is 9.36 Å². The summed E-state index contributed by atoms with van der Waals surface area (Å²) in [5.41, 5.74) is 0.298. The van der Waals surface area contributed by atoms with Gasteiger partial charge in [0.05, 0.1) is 6.10 Å². The minimum Gasteiger partial charge on any atom is -0.376 e. The summed E-state index contributed by atoms with van der Waals surface area (Å²) >= 11 is 0. The Labute approximate surface area is 116 Å². The molecule has 1 aliphatic heterocycles. The summed E-state index contributed by atoms with van der Waals surface area (Å²) in [6.07, 6.45) is 7.22. The second kappa shape index (κ2) is 5.79. The number of carbonyl (C=O) groups is 1. The normalized spacial score (nSPS) is 18.1. The number of hydrogen-bond acceptors (Lipinski definition) is 5. The van der Waals surface area contributed by atoms with E-state index in [0.717, 1.165) is 19.4 Å². The van der Waals surface area contributed by atoms with E-state index in [1.165, 1.54) is 0 Å². The Bertz CT molecular complexity index is 561. The summed E-state index contributed by atoms with van der Waals surface area (Å²) in [6.45, 7) is 1.30. The first-order valence-corrected chi connectivity index (χ1v) is 6.55. The van der Waals surface area contributed by atoms with Crippen LogP contribution >= 0.6 is 0 Å². The van der Waals surface area contributed by atoms with Gasteiger partial charge in [0.2, 0.25) is 0 Å². The Kier molecular flexibility index (Phi) is 3.69. The molecule has 1 aliphatic rings. The third-order valence-corrected chi connectivity index (χ3v) is 3.17. The topological polar surface area (TPSA) is 81.9 Å². The van der Waals surface area contributed by atoms with Gasteiger partial charge in [-0.05, 0) is 25.0 Å². The van der Waals surface area contributed by atoms with Crippen LogP contribution in [0.3, 0.4) is 0 Å². The van der Waals surface area contributed by atoms with Gasteiger partial charge < -0.3 is 10.1 Å². The van der Waals surface area contributed by atoms with E-state index in [-0.39, 0.29) is 12.0 Å². The van der Waals surface area contributed by atoms with E-state index in [1.807, 2.05) is 0 Å². The summed E-state index contributed by atoms with van der Waals surface area (Å²) in [6, 6.07) is 3.38. The molecular weight excluding hydrogens is 258 g/mol. The van der Waals surface area contributed by atoms with Crippen LogP contribution in [-0.4, -0.2) is 44.9 Å². The van der Waals surface area contributed by atoms with Crippen molar-refractivity contribution in [3.63, 3.8) is 0 Å². The lowest BCUT2D eigenvalue weighted by molar-refractivity contribution is 0.0853. The van der Waals surface area contributed by atoms with E-state index in [4.69, 9.17) is 4.74 Å². The van der Waals surface area contributed by atoms with E-state index in [2.05, 4.69) is 20.5 Å². The first kappa shape index (κ1) is 12.7. The first-order chi connectivity index (χ1) is 9.83. The molecule has 2 aromatic rings. The van der Waals surface area contributed by atoms with Crippen LogP contribution in [0.5, 0.6) is 0 Å². The average Bonchev–Trinajstić information content (AvgIpc) is 3.18. The fraction of sp³-hybridized carbons (Fsp3) is 0.385. The molecule has 3 heterocycles. The molecule has 3 rings (SSSR count). The monoisotopic (exact) mass is 273 g/mol. The minimum absolute atomic E-state index is 0.122. The van der Waals surface area contributed by atoms with E-state index in [9.17, 15) is 4.79 Å². The summed E-state index contributed by atoms with van der Waals surface area (Å²) in [5.74, 6) is 0.392. The van der Waals surface area contributed by atoms with Crippen LogP contribution < -0.4 is 5.32 Å². The quantitative estimate of drug-likeness (QED) is 0.880. The van der Waals surface area contributed by atoms with Crippen LogP contribution in [0.1, 0.15) is 23.3 Å². The second-order valence-electron chi connectivity index (χ2n) is 4.59. The lowest BCUT2D eigenvalue weighted by atomic mass is 10.2. The van der Waals surface area contributed by atoms with Gasteiger partial charge in [-0.15, -0.1) is 10.2 Å².